The summed E-state index contributed by atoms with van der Waals surface area (Å²) >= 11 is 5.77. The SMILES string of the molecule is C=C[C@@H]1C[C@]1(CC(=O)[C@@H]1C[C@@]2(CN1C(=O)[C@@H](NC(=O)C(NC(=O)c1cnccn1)C1CCCCC1)C(C)(C)C)C(C)(C)C21CCC1)C(=O)NS(=O)(=O)N(C)CCCl. The molecule has 1 saturated heterocycles. The molecule has 314 valence electrons. The van der Waals surface area contributed by atoms with E-state index in [0.29, 0.717) is 13.0 Å². The number of nitrogens with one attached hydrogen (secondary N) is 3. The van der Waals surface area contributed by atoms with Gasteiger partial charge in [0.25, 0.3) is 5.91 Å². The summed E-state index contributed by atoms with van der Waals surface area (Å²) in [7, 11) is -2.91. The second-order valence-electron chi connectivity index (χ2n) is 18.9. The molecule has 0 aromatic carbocycles. The van der Waals surface area contributed by atoms with Crippen LogP contribution in [0, 0.1) is 38.9 Å². The highest BCUT2D eigenvalue weighted by molar-refractivity contribution is 7.87. The summed E-state index contributed by atoms with van der Waals surface area (Å²) in [5.41, 5.74) is -2.56. The van der Waals surface area contributed by atoms with Crippen LogP contribution in [-0.4, -0.2) is 101 Å². The number of nitrogens with zero attached hydrogens (tertiary/aromatic N) is 4. The maximum Gasteiger partial charge on any atom is 0.303 e. The zero-order chi connectivity index (χ0) is 41.8. The molecule has 2 spiro atoms. The quantitative estimate of drug-likeness (QED) is 0.172. The number of likely N-dealkylation sites (tertiary alicyclic amines) is 1. The average Bonchev–Trinajstić information content (AvgIpc) is 3.87. The van der Waals surface area contributed by atoms with Crippen molar-refractivity contribution in [2.45, 2.75) is 123 Å². The Morgan fingerprint density at radius 3 is 2.25 bits per heavy atom. The lowest BCUT2D eigenvalue weighted by Gasteiger charge is -2.38. The molecule has 4 saturated carbocycles. The zero-order valence-electron chi connectivity index (χ0n) is 34.2. The molecule has 4 amide bonds. The Morgan fingerprint density at radius 2 is 1.72 bits per heavy atom. The van der Waals surface area contributed by atoms with Crippen LogP contribution >= 0.6 is 11.6 Å². The molecule has 14 nitrogen and oxygen atoms in total. The van der Waals surface area contributed by atoms with Crippen molar-refractivity contribution in [1.82, 2.24) is 34.5 Å². The number of carbonyl (C=O) groups is 5. The van der Waals surface area contributed by atoms with Crippen LogP contribution in [0.4, 0.5) is 0 Å². The number of ketones is 1. The van der Waals surface area contributed by atoms with Crippen LogP contribution < -0.4 is 15.4 Å². The lowest BCUT2D eigenvalue weighted by atomic mass is 9.73. The summed E-state index contributed by atoms with van der Waals surface area (Å²) in [6.07, 6.45) is 13.6. The van der Waals surface area contributed by atoms with Gasteiger partial charge in [-0.25, -0.2) is 9.71 Å². The maximum atomic E-state index is 15.2. The first-order valence-corrected chi connectivity index (χ1v) is 22.4. The number of fused-ring (bicyclic) bond motifs is 1. The lowest BCUT2D eigenvalue weighted by molar-refractivity contribution is -0.144. The van der Waals surface area contributed by atoms with E-state index in [1.165, 1.54) is 25.6 Å². The molecule has 1 aromatic rings. The van der Waals surface area contributed by atoms with E-state index >= 15 is 4.79 Å². The van der Waals surface area contributed by atoms with Gasteiger partial charge in [-0.15, -0.1) is 18.2 Å². The molecule has 6 atom stereocenters. The van der Waals surface area contributed by atoms with Gasteiger partial charge < -0.3 is 15.5 Å². The van der Waals surface area contributed by atoms with Crippen molar-refractivity contribution in [3.8, 4) is 0 Å². The van der Waals surface area contributed by atoms with Gasteiger partial charge in [0.1, 0.15) is 17.8 Å². The fourth-order valence-electron chi connectivity index (χ4n) is 10.8. The molecule has 57 heavy (non-hydrogen) atoms. The van der Waals surface area contributed by atoms with Crippen molar-refractivity contribution >= 4 is 51.2 Å². The first-order valence-electron chi connectivity index (χ1n) is 20.4. The molecule has 0 bridgehead atoms. The first kappa shape index (κ1) is 43.2. The molecule has 1 unspecified atom stereocenters. The molecule has 6 rings (SSSR count). The van der Waals surface area contributed by atoms with E-state index < -0.39 is 68.7 Å². The monoisotopic (exact) mass is 829 g/mol. The number of hydrogen-bond acceptors (Lipinski definition) is 9. The highest BCUT2D eigenvalue weighted by Gasteiger charge is 2.85. The molecule has 5 fully saturated rings. The van der Waals surface area contributed by atoms with E-state index in [2.05, 4.69) is 45.8 Å². The van der Waals surface area contributed by atoms with E-state index in [1.807, 2.05) is 20.8 Å². The molecule has 2 heterocycles. The van der Waals surface area contributed by atoms with E-state index in [1.54, 1.807) is 11.0 Å². The number of rotatable bonds is 15. The van der Waals surface area contributed by atoms with E-state index in [9.17, 15) is 27.6 Å². The fraction of sp³-hybridized carbons (Fsp3) is 0.732. The van der Waals surface area contributed by atoms with Crippen LogP contribution in [0.1, 0.15) is 116 Å². The third-order valence-corrected chi connectivity index (χ3v) is 16.4. The van der Waals surface area contributed by atoms with E-state index in [4.69, 9.17) is 11.6 Å². The second kappa shape index (κ2) is 15.6. The number of halogens is 1. The van der Waals surface area contributed by atoms with Crippen LogP contribution in [-0.2, 0) is 29.4 Å². The predicted molar refractivity (Wildman–Crippen MR) is 215 cm³/mol. The van der Waals surface area contributed by atoms with E-state index in [-0.39, 0.29) is 58.9 Å². The zero-order valence-corrected chi connectivity index (χ0v) is 35.8. The highest BCUT2D eigenvalue weighted by Crippen LogP contribution is 2.88. The second-order valence-corrected chi connectivity index (χ2v) is 21.0. The molecule has 5 aliphatic rings. The molecule has 1 aromatic heterocycles. The summed E-state index contributed by atoms with van der Waals surface area (Å²) in [5.74, 6) is -3.06. The Kier molecular flexibility index (Phi) is 11.8. The number of alkyl halides is 1. The standard InChI is InChI=1S/C41H60ClN7O7S/c1-8-27-21-39(27,36(54)47-57(55,56)48(7)20-17-42)23-30(50)29-22-41(38(5,6)40(41)15-12-16-40)25-49(29)35(53)32(37(2,3)4)46-34(52)31(26-13-10-9-11-14-26)45-33(51)28-24-43-18-19-44-28/h8,18-19,24,26-27,29,31-32H,1,9-17,20-23,25H2,2-7H3,(H,45,51)(H,46,52)(H,47,54)/t27-,29+,31?,32-,39-,41-/m1/s1. The van der Waals surface area contributed by atoms with Crippen LogP contribution in [0.15, 0.2) is 31.2 Å². The van der Waals surface area contributed by atoms with Gasteiger partial charge in [0, 0.05) is 50.2 Å². The van der Waals surface area contributed by atoms with Gasteiger partial charge in [0.05, 0.1) is 17.7 Å². The van der Waals surface area contributed by atoms with Crippen LogP contribution in [0.2, 0.25) is 0 Å². The summed E-state index contributed by atoms with van der Waals surface area (Å²) in [4.78, 5) is 81.2. The Balaban J connectivity index is 1.29. The number of carbonyl (C=O) groups excluding carboxylic acids is 5. The molecule has 3 N–H and O–H groups in total. The number of aromatic nitrogens is 2. The number of amides is 4. The van der Waals surface area contributed by atoms with Crippen molar-refractivity contribution in [1.29, 1.82) is 0 Å². The van der Waals surface area contributed by atoms with Gasteiger partial charge in [-0.2, -0.15) is 12.7 Å². The average molecular weight is 830 g/mol. The third kappa shape index (κ3) is 7.54. The maximum absolute atomic E-state index is 15.2. The summed E-state index contributed by atoms with van der Waals surface area (Å²) in [6.45, 7) is 14.2. The van der Waals surface area contributed by atoms with Crippen molar-refractivity contribution in [3.63, 3.8) is 0 Å². The minimum absolute atomic E-state index is 0.0132. The topological polar surface area (TPSA) is 188 Å². The molecular weight excluding hydrogens is 770 g/mol. The van der Waals surface area contributed by atoms with Gasteiger partial charge in [-0.1, -0.05) is 66.4 Å². The molecular formula is C41H60ClN7O7S. The van der Waals surface area contributed by atoms with Crippen LogP contribution in [0.3, 0.4) is 0 Å². The van der Waals surface area contributed by atoms with Crippen LogP contribution in [0.25, 0.3) is 0 Å². The Labute approximate surface area is 342 Å². The Hall–Kier alpha value is -3.43. The van der Waals surface area contributed by atoms with Gasteiger partial charge in [0.2, 0.25) is 17.7 Å². The lowest BCUT2D eigenvalue weighted by Crippen LogP contribution is -2.61. The number of Topliss-reactive ketones (excluding diaryl/α,β-unsaturated/α-hetero) is 1. The molecule has 4 aliphatic carbocycles. The summed E-state index contributed by atoms with van der Waals surface area (Å²) < 4.78 is 29.1. The predicted octanol–water partition coefficient (Wildman–Crippen LogP) is 4.17. The van der Waals surface area contributed by atoms with Crippen molar-refractivity contribution in [2.75, 3.05) is 26.0 Å². The van der Waals surface area contributed by atoms with Gasteiger partial charge >= 0.3 is 10.2 Å². The normalized spacial score (nSPS) is 28.6. The largest absolute Gasteiger partial charge is 0.342 e. The number of hydrogen-bond donors (Lipinski definition) is 3. The summed E-state index contributed by atoms with van der Waals surface area (Å²) in [6, 6.07) is -2.88. The highest BCUT2D eigenvalue weighted by atomic mass is 35.5. The minimum Gasteiger partial charge on any atom is -0.342 e. The summed E-state index contributed by atoms with van der Waals surface area (Å²) in [5, 5.41) is 5.96. The van der Waals surface area contributed by atoms with Crippen molar-refractivity contribution in [2.24, 2.45) is 38.9 Å². The van der Waals surface area contributed by atoms with Gasteiger partial charge in [-0.05, 0) is 66.6 Å². The third-order valence-electron chi connectivity index (χ3n) is 14.7. The minimum atomic E-state index is -4.22. The van der Waals surface area contributed by atoms with E-state index in [0.717, 1.165) is 55.7 Å². The number of allylic oxidation sites excluding steroid dienone is 1. The Morgan fingerprint density at radius 1 is 1.04 bits per heavy atom. The first-order chi connectivity index (χ1) is 26.7. The van der Waals surface area contributed by atoms with Crippen LogP contribution in [0.5, 0.6) is 0 Å². The van der Waals surface area contributed by atoms with Crippen molar-refractivity contribution < 1.29 is 32.4 Å². The van der Waals surface area contributed by atoms with Gasteiger partial charge in [-0.3, -0.25) is 29.0 Å². The van der Waals surface area contributed by atoms with Crippen molar-refractivity contribution in [3.05, 3.63) is 36.9 Å². The molecule has 16 heteroatoms. The fourth-order valence-corrected chi connectivity index (χ4v) is 12.1. The Bertz CT molecular complexity index is 1880. The van der Waals surface area contributed by atoms with Gasteiger partial charge in [0.15, 0.2) is 5.78 Å². The molecule has 1 aliphatic heterocycles. The molecule has 0 radical (unpaired) electrons. The smallest absolute Gasteiger partial charge is 0.303 e.